The number of rotatable bonds is 4. The highest BCUT2D eigenvalue weighted by atomic mass is 32.4. The van der Waals surface area contributed by atoms with Gasteiger partial charge < -0.3 is 9.47 Å². The van der Waals surface area contributed by atoms with E-state index in [0.717, 1.165) is 83.4 Å². The van der Waals surface area contributed by atoms with Crippen molar-refractivity contribution in [3.63, 3.8) is 0 Å². The lowest BCUT2D eigenvalue weighted by Gasteiger charge is -2.38. The second-order valence-electron chi connectivity index (χ2n) is 11.6. The lowest BCUT2D eigenvalue weighted by molar-refractivity contribution is 0.467. The molecule has 0 spiro atoms. The molecule has 0 saturated heterocycles. The highest BCUT2D eigenvalue weighted by molar-refractivity contribution is 8.26. The fourth-order valence-corrected chi connectivity index (χ4v) is 11.0. The molecule has 0 bridgehead atoms. The summed E-state index contributed by atoms with van der Waals surface area (Å²) in [6.45, 7) is 0. The van der Waals surface area contributed by atoms with Gasteiger partial charge in [-0.25, -0.2) is 0 Å². The van der Waals surface area contributed by atoms with E-state index in [2.05, 4.69) is 132 Å². The summed E-state index contributed by atoms with van der Waals surface area (Å²) in [4.78, 5) is 4.32. The highest BCUT2D eigenvalue weighted by Gasteiger charge is 2.43. The van der Waals surface area contributed by atoms with Gasteiger partial charge in [0.1, 0.15) is 23.0 Å². The van der Waals surface area contributed by atoms with E-state index in [9.17, 15) is 0 Å². The summed E-state index contributed by atoms with van der Waals surface area (Å²) in [5.41, 5.74) is 8.70. The molecule has 218 valence electrons. The minimum absolute atomic E-state index is 0.762. The van der Waals surface area contributed by atoms with Gasteiger partial charge in [0, 0.05) is 28.6 Å². The normalized spacial score (nSPS) is 13.4. The van der Waals surface area contributed by atoms with Crippen molar-refractivity contribution in [3.05, 3.63) is 158 Å². The number of aromatic nitrogens is 1. The largest absolute Gasteiger partial charge is 0.456 e. The van der Waals surface area contributed by atoms with E-state index in [0.29, 0.717) is 0 Å². The third-order valence-corrected chi connectivity index (χ3v) is 13.7. The molecule has 0 radical (unpaired) electrons. The van der Waals surface area contributed by atoms with E-state index < -0.39 is 6.04 Å². The van der Waals surface area contributed by atoms with E-state index in [-0.39, 0.29) is 0 Å². The average molecular weight is 628 g/mol. The van der Waals surface area contributed by atoms with Crippen molar-refractivity contribution >= 4 is 33.8 Å². The van der Waals surface area contributed by atoms with Gasteiger partial charge in [0.15, 0.2) is 0 Å². The minimum atomic E-state index is -2.53. The van der Waals surface area contributed by atoms with Crippen molar-refractivity contribution < 1.29 is 9.47 Å². The maximum absolute atomic E-state index is 6.87. The first-order valence-electron chi connectivity index (χ1n) is 15.2. The van der Waals surface area contributed by atoms with Gasteiger partial charge in [0.05, 0.1) is 11.3 Å². The Bertz CT molecular complexity index is 2220. The van der Waals surface area contributed by atoms with Gasteiger partial charge in [-0.15, -0.1) is 0 Å². The van der Waals surface area contributed by atoms with Crippen LogP contribution in [0.4, 0.5) is 0 Å². The molecule has 0 unspecified atom stereocenters. The monoisotopic (exact) mass is 627 g/mol. The molecule has 5 heteroatoms. The first kappa shape index (κ1) is 27.1. The molecular formula is C41H26NO2PS. The molecular weight excluding hydrogens is 601 g/mol. The molecule has 6 aromatic carbocycles. The fourth-order valence-electron chi connectivity index (χ4n) is 6.57. The van der Waals surface area contributed by atoms with Gasteiger partial charge in [-0.1, -0.05) is 109 Å². The Morgan fingerprint density at radius 1 is 0.413 bits per heavy atom. The smallest absolute Gasteiger partial charge is 0.140 e. The molecule has 0 aliphatic carbocycles. The first-order valence-corrected chi connectivity index (χ1v) is 18.0. The summed E-state index contributed by atoms with van der Waals surface area (Å²) in [6, 6.07) is 48.1. The zero-order valence-electron chi connectivity index (χ0n) is 24.6. The summed E-state index contributed by atoms with van der Waals surface area (Å²) in [6.07, 6.45) is 3.68. The zero-order valence-corrected chi connectivity index (χ0v) is 26.3. The molecule has 9 rings (SSSR count). The summed E-state index contributed by atoms with van der Waals surface area (Å²) >= 11 is 6.87. The number of fused-ring (bicyclic) bond motifs is 4. The van der Waals surface area contributed by atoms with Crippen LogP contribution >= 0.6 is 6.04 Å². The van der Waals surface area contributed by atoms with Crippen LogP contribution < -0.4 is 25.4 Å². The molecule has 7 aromatic rings. The molecule has 0 saturated carbocycles. The van der Waals surface area contributed by atoms with Crippen molar-refractivity contribution in [3.8, 4) is 67.5 Å². The van der Waals surface area contributed by atoms with Crippen molar-refractivity contribution in [1.82, 2.24) is 4.98 Å². The Balaban J connectivity index is 1.25. The predicted molar refractivity (Wildman–Crippen MR) is 192 cm³/mol. The number of ether oxygens (including phenoxy) is 2. The van der Waals surface area contributed by atoms with Crippen LogP contribution in [0.25, 0.3) is 44.5 Å². The Kier molecular flexibility index (Phi) is 6.28. The Morgan fingerprint density at radius 3 is 1.43 bits per heavy atom. The maximum atomic E-state index is 6.87. The SMILES string of the molecule is S=P12c3ccc(-c4ccccc4)cc3Oc3cc(-c4cccc(-c5cccnc5)c4)cc(c31)Oc1cc(-c3ccccc3)ccc12. The van der Waals surface area contributed by atoms with Crippen LogP contribution in [0.3, 0.4) is 0 Å². The summed E-state index contributed by atoms with van der Waals surface area (Å²) in [5, 5.41) is 3.09. The molecule has 3 heterocycles. The molecule has 46 heavy (non-hydrogen) atoms. The Hall–Kier alpha value is -5.28. The lowest BCUT2D eigenvalue weighted by Crippen LogP contribution is -2.35. The Morgan fingerprint density at radius 2 is 0.891 bits per heavy atom. The quantitative estimate of drug-likeness (QED) is 0.182. The van der Waals surface area contributed by atoms with Gasteiger partial charge in [-0.05, 0) is 87.5 Å². The lowest BCUT2D eigenvalue weighted by atomic mass is 9.99. The number of hydrogen-bond donors (Lipinski definition) is 0. The second kappa shape index (κ2) is 10.7. The van der Waals surface area contributed by atoms with Crippen LogP contribution in [-0.4, -0.2) is 4.98 Å². The van der Waals surface area contributed by atoms with E-state index in [4.69, 9.17) is 21.3 Å². The average Bonchev–Trinajstić information content (AvgIpc) is 3.12. The Labute approximate surface area is 272 Å². The molecule has 3 nitrogen and oxygen atoms in total. The molecule has 2 aliphatic heterocycles. The summed E-state index contributed by atoms with van der Waals surface area (Å²) in [5.74, 6) is 3.14. The topological polar surface area (TPSA) is 31.4 Å². The minimum Gasteiger partial charge on any atom is -0.456 e. The van der Waals surface area contributed by atoms with Gasteiger partial charge >= 0.3 is 0 Å². The number of pyridine rings is 1. The zero-order chi connectivity index (χ0) is 30.7. The number of benzene rings is 6. The van der Waals surface area contributed by atoms with Gasteiger partial charge in [-0.2, -0.15) is 0 Å². The fraction of sp³-hybridized carbons (Fsp3) is 0. The molecule has 0 N–H and O–H groups in total. The van der Waals surface area contributed by atoms with Crippen LogP contribution in [0, 0.1) is 0 Å². The molecule has 0 atom stereocenters. The standard InChI is InChI=1S/C41H26NO2PS/c46-45-39-18-16-31(27-9-3-1-4-10-27)22-35(39)43-37-24-34(30-14-7-13-29(21-30)33-15-8-20-42-26-33)25-38(41(37)45)44-36-23-32(17-19-40(36)45)28-11-5-2-6-12-28/h1-26H. The van der Waals surface area contributed by atoms with Crippen LogP contribution in [0.5, 0.6) is 23.0 Å². The third kappa shape index (κ3) is 4.34. The predicted octanol–water partition coefficient (Wildman–Crippen LogP) is 9.72. The van der Waals surface area contributed by atoms with Crippen LogP contribution in [0.15, 0.2) is 158 Å². The summed E-state index contributed by atoms with van der Waals surface area (Å²) < 4.78 is 13.6. The third-order valence-electron chi connectivity index (χ3n) is 8.80. The van der Waals surface area contributed by atoms with Crippen molar-refractivity contribution in [2.24, 2.45) is 0 Å². The molecule has 0 amide bonds. The van der Waals surface area contributed by atoms with Gasteiger partial charge in [0.25, 0.3) is 0 Å². The number of hydrogen-bond acceptors (Lipinski definition) is 4. The second-order valence-corrected chi connectivity index (χ2v) is 15.8. The molecule has 1 aromatic heterocycles. The summed E-state index contributed by atoms with van der Waals surface area (Å²) in [7, 11) is 0. The van der Waals surface area contributed by atoms with Gasteiger partial charge in [0.2, 0.25) is 0 Å². The molecule has 0 fully saturated rings. The molecule has 2 aliphatic rings. The van der Waals surface area contributed by atoms with Gasteiger partial charge in [-0.3, -0.25) is 4.98 Å². The van der Waals surface area contributed by atoms with Crippen LogP contribution in [0.1, 0.15) is 0 Å². The van der Waals surface area contributed by atoms with E-state index in [1.54, 1.807) is 6.20 Å². The van der Waals surface area contributed by atoms with Crippen LogP contribution in [-0.2, 0) is 11.8 Å². The number of nitrogens with zero attached hydrogens (tertiary/aromatic N) is 1. The maximum Gasteiger partial charge on any atom is 0.140 e. The van der Waals surface area contributed by atoms with Crippen LogP contribution in [0.2, 0.25) is 0 Å². The van der Waals surface area contributed by atoms with E-state index >= 15 is 0 Å². The highest BCUT2D eigenvalue weighted by Crippen LogP contribution is 2.59. The van der Waals surface area contributed by atoms with Crippen molar-refractivity contribution in [1.29, 1.82) is 0 Å². The van der Waals surface area contributed by atoms with Crippen molar-refractivity contribution in [2.75, 3.05) is 0 Å². The van der Waals surface area contributed by atoms with E-state index in [1.807, 2.05) is 24.4 Å². The van der Waals surface area contributed by atoms with E-state index in [1.165, 1.54) is 0 Å². The first-order chi connectivity index (χ1) is 22.6. The van der Waals surface area contributed by atoms with Crippen molar-refractivity contribution in [2.45, 2.75) is 0 Å².